The maximum Gasteiger partial charge on any atom is 0.264 e. The molecular weight excluding hydrogens is 314 g/mol. The summed E-state index contributed by atoms with van der Waals surface area (Å²) in [6.45, 7) is 1.62. The van der Waals surface area contributed by atoms with Crippen LogP contribution < -0.4 is 10.5 Å². The van der Waals surface area contributed by atoms with Crippen molar-refractivity contribution in [2.45, 2.75) is 11.8 Å². The number of carbonyl (C=O) groups excluding carboxylic acids is 1. The van der Waals surface area contributed by atoms with Gasteiger partial charge in [0.25, 0.3) is 15.9 Å². The summed E-state index contributed by atoms with van der Waals surface area (Å²) in [4.78, 5) is 10.4. The largest absolute Gasteiger partial charge is 0.366 e. The van der Waals surface area contributed by atoms with E-state index in [1.54, 1.807) is 6.92 Å². The summed E-state index contributed by atoms with van der Waals surface area (Å²) in [6.07, 6.45) is 0. The van der Waals surface area contributed by atoms with Crippen molar-refractivity contribution in [2.75, 3.05) is 4.72 Å². The van der Waals surface area contributed by atoms with Gasteiger partial charge in [0, 0.05) is 0 Å². The van der Waals surface area contributed by atoms with Crippen molar-refractivity contribution in [1.82, 2.24) is 0 Å². The van der Waals surface area contributed by atoms with Gasteiger partial charge in [-0.15, -0.1) is 0 Å². The molecule has 0 unspecified atom stereocenters. The standard InChI is InChI=1S/C14H12F2N2O3S/c1-8-2-5-13(12(16)6-8)22(20,21)18-9-3-4-10(14(17)19)11(15)7-9/h2-7,18H,1H3,(H2,17,19). The van der Waals surface area contributed by atoms with Gasteiger partial charge in [0.1, 0.15) is 16.5 Å². The zero-order valence-corrected chi connectivity index (χ0v) is 12.2. The summed E-state index contributed by atoms with van der Waals surface area (Å²) in [5, 5.41) is 0. The predicted molar refractivity (Wildman–Crippen MR) is 76.9 cm³/mol. The van der Waals surface area contributed by atoms with E-state index in [1.807, 2.05) is 4.72 Å². The molecule has 0 aliphatic heterocycles. The SMILES string of the molecule is Cc1ccc(S(=O)(=O)Nc2ccc(C(N)=O)c(F)c2)c(F)c1. The third kappa shape index (κ3) is 3.22. The summed E-state index contributed by atoms with van der Waals surface area (Å²) >= 11 is 0. The van der Waals surface area contributed by atoms with Crippen LogP contribution in [0.15, 0.2) is 41.3 Å². The first-order valence-corrected chi connectivity index (χ1v) is 7.57. The molecule has 0 saturated carbocycles. The highest BCUT2D eigenvalue weighted by molar-refractivity contribution is 7.92. The number of hydrogen-bond donors (Lipinski definition) is 2. The van der Waals surface area contributed by atoms with Gasteiger partial charge in [-0.1, -0.05) is 6.07 Å². The first-order valence-electron chi connectivity index (χ1n) is 6.09. The number of carbonyl (C=O) groups is 1. The molecule has 2 aromatic carbocycles. The second-order valence-corrected chi connectivity index (χ2v) is 6.25. The lowest BCUT2D eigenvalue weighted by Gasteiger charge is -2.10. The molecule has 0 fully saturated rings. The van der Waals surface area contributed by atoms with Gasteiger partial charge in [-0.3, -0.25) is 9.52 Å². The number of nitrogens with two attached hydrogens (primary N) is 1. The lowest BCUT2D eigenvalue weighted by Crippen LogP contribution is -2.16. The van der Waals surface area contributed by atoms with E-state index in [9.17, 15) is 22.0 Å². The van der Waals surface area contributed by atoms with Gasteiger partial charge in [-0.2, -0.15) is 0 Å². The van der Waals surface area contributed by atoms with Gasteiger partial charge in [-0.25, -0.2) is 17.2 Å². The molecule has 0 saturated heterocycles. The Bertz CT molecular complexity index is 851. The van der Waals surface area contributed by atoms with Crippen molar-refractivity contribution in [2.24, 2.45) is 5.73 Å². The zero-order valence-electron chi connectivity index (χ0n) is 11.4. The van der Waals surface area contributed by atoms with Crippen molar-refractivity contribution in [3.63, 3.8) is 0 Å². The van der Waals surface area contributed by atoms with Crippen LogP contribution in [0.5, 0.6) is 0 Å². The maximum atomic E-state index is 13.7. The lowest BCUT2D eigenvalue weighted by atomic mass is 10.2. The number of rotatable bonds is 4. The number of amides is 1. The van der Waals surface area contributed by atoms with E-state index in [2.05, 4.69) is 0 Å². The highest BCUT2D eigenvalue weighted by Crippen LogP contribution is 2.21. The van der Waals surface area contributed by atoms with Crippen LogP contribution in [0, 0.1) is 18.6 Å². The summed E-state index contributed by atoms with van der Waals surface area (Å²) in [7, 11) is -4.22. The summed E-state index contributed by atoms with van der Waals surface area (Å²) in [5.41, 5.74) is 4.99. The van der Waals surface area contributed by atoms with Crippen molar-refractivity contribution in [3.8, 4) is 0 Å². The number of benzene rings is 2. The van der Waals surface area contributed by atoms with Crippen LogP contribution in [0.1, 0.15) is 15.9 Å². The van der Waals surface area contributed by atoms with E-state index in [-0.39, 0.29) is 11.3 Å². The molecule has 1 amide bonds. The normalized spacial score (nSPS) is 11.2. The van der Waals surface area contributed by atoms with Crippen molar-refractivity contribution in [1.29, 1.82) is 0 Å². The van der Waals surface area contributed by atoms with Crippen molar-refractivity contribution < 1.29 is 22.0 Å². The Kier molecular flexibility index (Phi) is 4.14. The average Bonchev–Trinajstić information content (AvgIpc) is 2.37. The highest BCUT2D eigenvalue weighted by atomic mass is 32.2. The van der Waals surface area contributed by atoms with Crippen molar-refractivity contribution >= 4 is 21.6 Å². The van der Waals surface area contributed by atoms with E-state index in [4.69, 9.17) is 5.73 Å². The number of sulfonamides is 1. The number of primary amides is 1. The second-order valence-electron chi connectivity index (χ2n) is 4.60. The molecule has 0 bridgehead atoms. The van der Waals surface area contributed by atoms with Gasteiger partial charge in [0.15, 0.2) is 0 Å². The van der Waals surface area contributed by atoms with E-state index in [0.717, 1.165) is 30.3 Å². The highest BCUT2D eigenvalue weighted by Gasteiger charge is 2.20. The minimum atomic E-state index is -4.22. The minimum Gasteiger partial charge on any atom is -0.366 e. The molecule has 0 radical (unpaired) electrons. The van der Waals surface area contributed by atoms with Crippen molar-refractivity contribution in [3.05, 3.63) is 59.2 Å². The molecular formula is C14H12F2N2O3S. The molecule has 0 heterocycles. The Hall–Kier alpha value is -2.48. The van der Waals surface area contributed by atoms with Crippen LogP contribution in [0.3, 0.4) is 0 Å². The monoisotopic (exact) mass is 326 g/mol. The number of hydrogen-bond acceptors (Lipinski definition) is 3. The molecule has 0 aromatic heterocycles. The van der Waals surface area contributed by atoms with Crippen LogP contribution in [0.4, 0.5) is 14.5 Å². The van der Waals surface area contributed by atoms with Gasteiger partial charge in [0.2, 0.25) is 0 Å². The molecule has 0 aliphatic rings. The third-order valence-corrected chi connectivity index (χ3v) is 4.28. The molecule has 2 aromatic rings. The lowest BCUT2D eigenvalue weighted by molar-refractivity contribution is 0.0996. The molecule has 22 heavy (non-hydrogen) atoms. The number of nitrogens with one attached hydrogen (secondary N) is 1. The van der Waals surface area contributed by atoms with Gasteiger partial charge in [-0.05, 0) is 42.8 Å². The molecule has 8 heteroatoms. The molecule has 0 atom stereocenters. The molecule has 116 valence electrons. The van der Waals surface area contributed by atoms with E-state index >= 15 is 0 Å². The smallest absolute Gasteiger partial charge is 0.264 e. The summed E-state index contributed by atoms with van der Waals surface area (Å²) < 4.78 is 53.6. The first-order chi connectivity index (χ1) is 10.2. The van der Waals surface area contributed by atoms with Crippen LogP contribution in [0.25, 0.3) is 0 Å². The Morgan fingerprint density at radius 2 is 1.77 bits per heavy atom. The quantitative estimate of drug-likeness (QED) is 0.902. The van der Waals surface area contributed by atoms with Crippen LogP contribution >= 0.6 is 0 Å². The average molecular weight is 326 g/mol. The number of halogens is 2. The zero-order chi connectivity index (χ0) is 16.5. The van der Waals surface area contributed by atoms with Crippen LogP contribution in [-0.4, -0.2) is 14.3 Å². The van der Waals surface area contributed by atoms with Gasteiger partial charge in [0.05, 0.1) is 11.3 Å². The Morgan fingerprint density at radius 1 is 1.09 bits per heavy atom. The number of aryl methyl sites for hydroxylation is 1. The number of anilines is 1. The topological polar surface area (TPSA) is 89.3 Å². The van der Waals surface area contributed by atoms with Crippen LogP contribution in [-0.2, 0) is 10.0 Å². The first kappa shape index (κ1) is 15.9. The Labute approximate surface area is 125 Å². The third-order valence-electron chi connectivity index (χ3n) is 2.86. The van der Waals surface area contributed by atoms with E-state index in [1.165, 1.54) is 6.07 Å². The fourth-order valence-corrected chi connectivity index (χ4v) is 2.92. The molecule has 0 spiro atoms. The molecule has 0 aliphatic carbocycles. The predicted octanol–water partition coefficient (Wildman–Crippen LogP) is 2.17. The van der Waals surface area contributed by atoms with E-state index in [0.29, 0.717) is 5.56 Å². The fourth-order valence-electron chi connectivity index (χ4n) is 1.81. The molecule has 2 rings (SSSR count). The van der Waals surface area contributed by atoms with Gasteiger partial charge >= 0.3 is 0 Å². The minimum absolute atomic E-state index is 0.150. The maximum absolute atomic E-state index is 13.7. The second kappa shape index (κ2) is 5.72. The summed E-state index contributed by atoms with van der Waals surface area (Å²) in [6, 6.07) is 6.62. The van der Waals surface area contributed by atoms with Crippen LogP contribution in [0.2, 0.25) is 0 Å². The summed E-state index contributed by atoms with van der Waals surface area (Å²) in [5.74, 6) is -2.87. The molecule has 5 nitrogen and oxygen atoms in total. The molecule has 3 N–H and O–H groups in total. The Morgan fingerprint density at radius 3 is 2.32 bits per heavy atom. The van der Waals surface area contributed by atoms with E-state index < -0.39 is 32.5 Å². The fraction of sp³-hybridized carbons (Fsp3) is 0.0714. The Balaban J connectivity index is 2.37. The van der Waals surface area contributed by atoms with Gasteiger partial charge < -0.3 is 5.73 Å².